The quantitative estimate of drug-likeness (QED) is 0.927. The first kappa shape index (κ1) is 12.3. The molecule has 1 atom stereocenters. The number of hydrogen-bond acceptors (Lipinski definition) is 4. The molecule has 100 valence electrons. The summed E-state index contributed by atoms with van der Waals surface area (Å²) in [5.41, 5.74) is 3.42. The second-order valence-corrected chi connectivity index (χ2v) is 4.50. The summed E-state index contributed by atoms with van der Waals surface area (Å²) >= 11 is 0. The van der Waals surface area contributed by atoms with Crippen molar-refractivity contribution in [2.75, 3.05) is 0 Å². The van der Waals surface area contributed by atoms with E-state index in [2.05, 4.69) is 10.1 Å². The highest BCUT2D eigenvalue weighted by molar-refractivity contribution is 6.03. The standard InChI is InChI=1S/C15H12N2O3/c18-15(19)14-7-13(17-20-14)12-6-11(8-16-9-12)10-4-2-1-3-5-10/h1-6,8-9,14H,7H2,(H,18,19). The van der Waals surface area contributed by atoms with Crippen LogP contribution in [0.3, 0.4) is 0 Å². The van der Waals surface area contributed by atoms with Gasteiger partial charge in [-0.05, 0) is 11.6 Å². The molecule has 5 heteroatoms. The number of nitrogens with zero attached hydrogens (tertiary/aromatic N) is 2. The van der Waals surface area contributed by atoms with Gasteiger partial charge in [0.15, 0.2) is 0 Å². The molecule has 0 bridgehead atoms. The van der Waals surface area contributed by atoms with Gasteiger partial charge in [0.1, 0.15) is 0 Å². The van der Waals surface area contributed by atoms with Crippen LogP contribution in [0.2, 0.25) is 0 Å². The van der Waals surface area contributed by atoms with Crippen LogP contribution >= 0.6 is 0 Å². The number of pyridine rings is 1. The summed E-state index contributed by atoms with van der Waals surface area (Å²) in [6, 6.07) is 11.8. The van der Waals surface area contributed by atoms with E-state index < -0.39 is 12.1 Å². The molecule has 0 fully saturated rings. The summed E-state index contributed by atoms with van der Waals surface area (Å²) in [4.78, 5) is 19.9. The Morgan fingerprint density at radius 1 is 1.15 bits per heavy atom. The lowest BCUT2D eigenvalue weighted by molar-refractivity contribution is -0.148. The molecule has 0 aliphatic carbocycles. The molecule has 20 heavy (non-hydrogen) atoms. The topological polar surface area (TPSA) is 71.8 Å². The number of aliphatic carboxylic acids is 1. The molecule has 1 aliphatic rings. The largest absolute Gasteiger partial charge is 0.478 e. The lowest BCUT2D eigenvalue weighted by Gasteiger charge is -2.04. The lowest BCUT2D eigenvalue weighted by Crippen LogP contribution is -2.19. The zero-order valence-electron chi connectivity index (χ0n) is 10.6. The first-order chi connectivity index (χ1) is 9.74. The molecule has 1 unspecified atom stereocenters. The Balaban J connectivity index is 1.88. The van der Waals surface area contributed by atoms with Crippen LogP contribution in [0.25, 0.3) is 11.1 Å². The highest BCUT2D eigenvalue weighted by Gasteiger charge is 2.28. The van der Waals surface area contributed by atoms with Gasteiger partial charge in [-0.25, -0.2) is 4.79 Å². The van der Waals surface area contributed by atoms with Gasteiger partial charge in [0.2, 0.25) is 6.10 Å². The Kier molecular flexibility index (Phi) is 3.16. The Labute approximate surface area is 115 Å². The van der Waals surface area contributed by atoms with Gasteiger partial charge in [-0.3, -0.25) is 4.98 Å². The van der Waals surface area contributed by atoms with Gasteiger partial charge in [0.05, 0.1) is 5.71 Å². The Bertz CT molecular complexity index is 668. The number of oxime groups is 1. The second-order valence-electron chi connectivity index (χ2n) is 4.50. The van der Waals surface area contributed by atoms with E-state index in [1.165, 1.54) is 0 Å². The molecule has 1 aromatic carbocycles. The minimum atomic E-state index is -1.00. The maximum absolute atomic E-state index is 10.9. The van der Waals surface area contributed by atoms with Crippen molar-refractivity contribution in [3.8, 4) is 11.1 Å². The molecule has 0 saturated heterocycles. The predicted octanol–water partition coefficient (Wildman–Crippen LogP) is 2.33. The van der Waals surface area contributed by atoms with Crippen LogP contribution in [0.1, 0.15) is 12.0 Å². The predicted molar refractivity (Wildman–Crippen MR) is 73.3 cm³/mol. The summed E-state index contributed by atoms with van der Waals surface area (Å²) in [5, 5.41) is 12.7. The highest BCUT2D eigenvalue weighted by Crippen LogP contribution is 2.22. The van der Waals surface area contributed by atoms with Crippen LogP contribution in [-0.4, -0.2) is 27.9 Å². The molecule has 0 spiro atoms. The summed E-state index contributed by atoms with van der Waals surface area (Å²) < 4.78 is 0. The van der Waals surface area contributed by atoms with Crippen molar-refractivity contribution in [1.29, 1.82) is 0 Å². The van der Waals surface area contributed by atoms with Gasteiger partial charge in [-0.1, -0.05) is 35.5 Å². The molecule has 5 nitrogen and oxygen atoms in total. The summed E-state index contributed by atoms with van der Waals surface area (Å²) in [5.74, 6) is -1.00. The second kappa shape index (κ2) is 5.13. The molecule has 2 aromatic rings. The Morgan fingerprint density at radius 2 is 1.90 bits per heavy atom. The number of carboxylic acids is 1. The van der Waals surface area contributed by atoms with E-state index in [1.807, 2.05) is 36.4 Å². The third-order valence-corrected chi connectivity index (χ3v) is 3.12. The van der Waals surface area contributed by atoms with E-state index in [9.17, 15) is 4.79 Å². The number of benzene rings is 1. The van der Waals surface area contributed by atoms with E-state index in [1.54, 1.807) is 12.4 Å². The van der Waals surface area contributed by atoms with E-state index in [0.29, 0.717) is 5.71 Å². The number of hydrogen-bond donors (Lipinski definition) is 1. The smallest absolute Gasteiger partial charge is 0.348 e. The van der Waals surface area contributed by atoms with E-state index in [0.717, 1.165) is 16.7 Å². The number of rotatable bonds is 3. The van der Waals surface area contributed by atoms with E-state index in [4.69, 9.17) is 9.94 Å². The van der Waals surface area contributed by atoms with Crippen LogP contribution in [0.5, 0.6) is 0 Å². The van der Waals surface area contributed by atoms with Crippen molar-refractivity contribution < 1.29 is 14.7 Å². The fourth-order valence-electron chi connectivity index (χ4n) is 2.07. The minimum Gasteiger partial charge on any atom is -0.478 e. The monoisotopic (exact) mass is 268 g/mol. The Morgan fingerprint density at radius 3 is 2.60 bits per heavy atom. The third kappa shape index (κ3) is 2.38. The van der Waals surface area contributed by atoms with Crippen LogP contribution in [0.4, 0.5) is 0 Å². The van der Waals surface area contributed by atoms with Crippen LogP contribution in [0.15, 0.2) is 53.9 Å². The summed E-state index contributed by atoms with van der Waals surface area (Å²) in [6.07, 6.45) is 2.79. The molecule has 0 amide bonds. The Hall–Kier alpha value is -2.69. The van der Waals surface area contributed by atoms with Crippen molar-refractivity contribution in [2.45, 2.75) is 12.5 Å². The van der Waals surface area contributed by atoms with Crippen molar-refractivity contribution in [2.24, 2.45) is 5.16 Å². The average Bonchev–Trinajstić information content (AvgIpc) is 2.98. The fourth-order valence-corrected chi connectivity index (χ4v) is 2.07. The molecule has 1 aromatic heterocycles. The molecule has 1 aliphatic heterocycles. The molecule has 0 radical (unpaired) electrons. The van der Waals surface area contributed by atoms with Gasteiger partial charge in [0, 0.05) is 29.9 Å². The first-order valence-electron chi connectivity index (χ1n) is 6.20. The third-order valence-electron chi connectivity index (χ3n) is 3.12. The minimum absolute atomic E-state index is 0.259. The van der Waals surface area contributed by atoms with Crippen LogP contribution < -0.4 is 0 Å². The molecule has 3 rings (SSSR count). The molecular formula is C15H12N2O3. The molecule has 0 saturated carbocycles. The van der Waals surface area contributed by atoms with E-state index >= 15 is 0 Å². The van der Waals surface area contributed by atoms with Crippen molar-refractivity contribution >= 4 is 11.7 Å². The normalized spacial score (nSPS) is 17.4. The zero-order valence-corrected chi connectivity index (χ0v) is 10.6. The SMILES string of the molecule is O=C(O)C1CC(c2cncc(-c3ccccc3)c2)=NO1. The average molecular weight is 268 g/mol. The number of aromatic nitrogens is 1. The number of carbonyl (C=O) groups is 1. The van der Waals surface area contributed by atoms with Gasteiger partial charge < -0.3 is 9.94 Å². The van der Waals surface area contributed by atoms with Crippen molar-refractivity contribution in [3.63, 3.8) is 0 Å². The number of carboxylic acid groups (broad SMARTS) is 1. The van der Waals surface area contributed by atoms with Gasteiger partial charge in [-0.2, -0.15) is 0 Å². The maximum atomic E-state index is 10.9. The molecular weight excluding hydrogens is 256 g/mol. The van der Waals surface area contributed by atoms with Crippen molar-refractivity contribution in [1.82, 2.24) is 4.98 Å². The zero-order chi connectivity index (χ0) is 13.9. The molecule has 2 heterocycles. The highest BCUT2D eigenvalue weighted by atomic mass is 16.7. The summed E-state index contributed by atoms with van der Waals surface area (Å²) in [7, 11) is 0. The van der Waals surface area contributed by atoms with Crippen LogP contribution in [0, 0.1) is 0 Å². The van der Waals surface area contributed by atoms with E-state index in [-0.39, 0.29) is 6.42 Å². The van der Waals surface area contributed by atoms with Gasteiger partial charge >= 0.3 is 5.97 Å². The van der Waals surface area contributed by atoms with Gasteiger partial charge in [0.25, 0.3) is 0 Å². The lowest BCUT2D eigenvalue weighted by atomic mass is 10.0. The maximum Gasteiger partial charge on any atom is 0.348 e. The molecule has 1 N–H and O–H groups in total. The van der Waals surface area contributed by atoms with Crippen molar-refractivity contribution in [3.05, 3.63) is 54.4 Å². The van der Waals surface area contributed by atoms with Crippen LogP contribution in [-0.2, 0) is 9.63 Å². The van der Waals surface area contributed by atoms with Gasteiger partial charge in [-0.15, -0.1) is 0 Å². The first-order valence-corrected chi connectivity index (χ1v) is 6.20. The fraction of sp³-hybridized carbons (Fsp3) is 0.133. The summed E-state index contributed by atoms with van der Waals surface area (Å²) in [6.45, 7) is 0.